The van der Waals surface area contributed by atoms with Crippen LogP contribution in [0.2, 0.25) is 0 Å². The van der Waals surface area contributed by atoms with E-state index in [2.05, 4.69) is 63.0 Å². The van der Waals surface area contributed by atoms with Crippen molar-refractivity contribution in [1.29, 1.82) is 0 Å². The lowest BCUT2D eigenvalue weighted by Gasteiger charge is -2.31. The van der Waals surface area contributed by atoms with E-state index in [1.54, 1.807) is 0 Å². The molecule has 3 rings (SSSR count). The highest BCUT2D eigenvalue weighted by molar-refractivity contribution is 6.24. The Hall–Kier alpha value is -1.57. The van der Waals surface area contributed by atoms with Gasteiger partial charge in [-0.15, -0.1) is 5.47 Å². The van der Waals surface area contributed by atoms with Crippen LogP contribution in [-0.4, -0.2) is 12.8 Å². The molecule has 0 aliphatic heterocycles. The molecule has 112 valence electrons. The van der Waals surface area contributed by atoms with Gasteiger partial charge in [-0.05, 0) is 61.3 Å². The monoisotopic (exact) mass is 289 g/mol. The molecule has 0 saturated heterocycles. The van der Waals surface area contributed by atoms with Gasteiger partial charge < -0.3 is 0 Å². The first kappa shape index (κ1) is 15.3. The summed E-state index contributed by atoms with van der Waals surface area (Å²) in [5.74, 6) is 1.87. The first-order chi connectivity index (χ1) is 10.5. The molecule has 1 heterocycles. The summed E-state index contributed by atoms with van der Waals surface area (Å²) in [6.07, 6.45) is 11.9. The number of hydrogen-bond donors (Lipinski definition) is 0. The number of rotatable bonds is 3. The Morgan fingerprint density at radius 1 is 1.32 bits per heavy atom. The van der Waals surface area contributed by atoms with Crippen LogP contribution in [0.25, 0.3) is 5.57 Å². The Morgan fingerprint density at radius 3 is 2.64 bits per heavy atom. The summed E-state index contributed by atoms with van der Waals surface area (Å²) in [7, 11) is 6.11. The van der Waals surface area contributed by atoms with Crippen molar-refractivity contribution in [2.75, 3.05) is 0 Å². The lowest BCUT2D eigenvalue weighted by molar-refractivity contribution is 0.418. The van der Waals surface area contributed by atoms with Crippen LogP contribution in [0, 0.1) is 30.1 Å². The van der Waals surface area contributed by atoms with Gasteiger partial charge in [0.05, 0.1) is 5.69 Å². The topological polar surface area (TPSA) is 12.9 Å². The van der Waals surface area contributed by atoms with Crippen LogP contribution in [0.3, 0.4) is 0 Å². The minimum atomic E-state index is 0.253. The molecule has 0 bridgehead atoms. The Labute approximate surface area is 135 Å². The first-order valence-electron chi connectivity index (χ1n) is 8.24. The zero-order valence-electron chi connectivity index (χ0n) is 14.0. The van der Waals surface area contributed by atoms with E-state index in [0.717, 1.165) is 17.6 Å². The van der Waals surface area contributed by atoms with Crippen molar-refractivity contribution in [3.8, 4) is 0 Å². The molecular weight excluding hydrogens is 265 g/mol. The van der Waals surface area contributed by atoms with Gasteiger partial charge >= 0.3 is 0 Å². The average molecular weight is 289 g/mol. The molecule has 22 heavy (non-hydrogen) atoms. The SMILES string of the molecule is [B]C1=CCC(C2(C=CC)C(C)C2C)C(c2cc(C)ccn2)=C1. The summed E-state index contributed by atoms with van der Waals surface area (Å²) in [4.78, 5) is 4.62. The number of nitrogens with zero attached hydrogens (tertiary/aromatic N) is 1. The fourth-order valence-corrected chi connectivity index (χ4v) is 4.32. The van der Waals surface area contributed by atoms with Crippen molar-refractivity contribution in [2.45, 2.75) is 34.1 Å². The van der Waals surface area contributed by atoms with Crippen LogP contribution < -0.4 is 0 Å². The minimum absolute atomic E-state index is 0.253. The Balaban J connectivity index is 2.06. The Kier molecular flexibility index (Phi) is 3.88. The van der Waals surface area contributed by atoms with E-state index in [0.29, 0.717) is 17.8 Å². The molecular formula is C20H24BN. The molecule has 1 aromatic rings. The zero-order chi connectivity index (χ0) is 15.9. The number of aryl methyl sites for hydroxylation is 1. The van der Waals surface area contributed by atoms with Gasteiger partial charge in [-0.1, -0.05) is 38.2 Å². The molecule has 2 radical (unpaired) electrons. The fraction of sp³-hybridized carbons (Fsp3) is 0.450. The maximum Gasteiger partial charge on any atom is 0.113 e. The quantitative estimate of drug-likeness (QED) is 0.581. The number of allylic oxidation sites excluding steroid dienone is 6. The van der Waals surface area contributed by atoms with Crippen LogP contribution >= 0.6 is 0 Å². The molecule has 1 fully saturated rings. The van der Waals surface area contributed by atoms with Crippen molar-refractivity contribution in [3.63, 3.8) is 0 Å². The van der Waals surface area contributed by atoms with Gasteiger partial charge in [0.2, 0.25) is 0 Å². The van der Waals surface area contributed by atoms with Crippen molar-refractivity contribution in [3.05, 3.63) is 59.4 Å². The van der Waals surface area contributed by atoms with Gasteiger partial charge in [-0.3, -0.25) is 4.98 Å². The fourth-order valence-electron chi connectivity index (χ4n) is 4.32. The third-order valence-electron chi connectivity index (χ3n) is 5.78. The second kappa shape index (κ2) is 5.57. The van der Waals surface area contributed by atoms with Crippen LogP contribution in [0.1, 0.15) is 38.4 Å². The van der Waals surface area contributed by atoms with Crippen LogP contribution in [0.5, 0.6) is 0 Å². The molecule has 1 aromatic heterocycles. The molecule has 2 aliphatic carbocycles. The molecule has 1 nitrogen and oxygen atoms in total. The maximum atomic E-state index is 6.11. The van der Waals surface area contributed by atoms with Gasteiger partial charge in [0.25, 0.3) is 0 Å². The summed E-state index contributed by atoms with van der Waals surface area (Å²) in [6, 6.07) is 4.23. The molecule has 2 aliphatic rings. The van der Waals surface area contributed by atoms with Crippen molar-refractivity contribution in [1.82, 2.24) is 4.98 Å². The molecule has 1 saturated carbocycles. The zero-order valence-corrected chi connectivity index (χ0v) is 14.0. The minimum Gasteiger partial charge on any atom is -0.257 e. The predicted molar refractivity (Wildman–Crippen MR) is 94.5 cm³/mol. The van der Waals surface area contributed by atoms with Gasteiger partial charge in [0.1, 0.15) is 7.85 Å². The van der Waals surface area contributed by atoms with Crippen molar-refractivity contribution >= 4 is 13.4 Å². The normalized spacial score (nSPS) is 34.5. The predicted octanol–water partition coefficient (Wildman–Crippen LogP) is 4.69. The van der Waals surface area contributed by atoms with Gasteiger partial charge in [0.15, 0.2) is 0 Å². The van der Waals surface area contributed by atoms with Crippen molar-refractivity contribution < 1.29 is 0 Å². The van der Waals surface area contributed by atoms with Crippen LogP contribution in [0.15, 0.2) is 48.1 Å². The highest BCUT2D eigenvalue weighted by atomic mass is 14.7. The first-order valence-corrected chi connectivity index (χ1v) is 8.24. The van der Waals surface area contributed by atoms with E-state index in [1.807, 2.05) is 12.3 Å². The lowest BCUT2D eigenvalue weighted by atomic mass is 9.71. The number of hydrogen-bond acceptors (Lipinski definition) is 1. The second-order valence-electron chi connectivity index (χ2n) is 6.89. The van der Waals surface area contributed by atoms with Crippen LogP contribution in [0.4, 0.5) is 0 Å². The van der Waals surface area contributed by atoms with E-state index in [9.17, 15) is 0 Å². The highest BCUT2D eigenvalue weighted by Gasteiger charge is 2.61. The van der Waals surface area contributed by atoms with E-state index in [-0.39, 0.29) is 5.41 Å². The average Bonchev–Trinajstić information content (AvgIpc) is 3.01. The maximum absolute atomic E-state index is 6.11. The molecule has 0 spiro atoms. The van der Waals surface area contributed by atoms with E-state index in [4.69, 9.17) is 7.85 Å². The smallest absolute Gasteiger partial charge is 0.113 e. The van der Waals surface area contributed by atoms with E-state index in [1.165, 1.54) is 11.1 Å². The summed E-state index contributed by atoms with van der Waals surface area (Å²) < 4.78 is 0. The number of pyridine rings is 1. The Morgan fingerprint density at radius 2 is 2.05 bits per heavy atom. The molecule has 0 aromatic carbocycles. The van der Waals surface area contributed by atoms with E-state index >= 15 is 0 Å². The highest BCUT2D eigenvalue weighted by Crippen LogP contribution is 2.67. The van der Waals surface area contributed by atoms with Gasteiger partial charge in [0, 0.05) is 11.6 Å². The summed E-state index contributed by atoms with van der Waals surface area (Å²) in [5, 5.41) is 0. The summed E-state index contributed by atoms with van der Waals surface area (Å²) in [5.41, 5.74) is 4.75. The van der Waals surface area contributed by atoms with Crippen molar-refractivity contribution in [2.24, 2.45) is 23.2 Å². The standard InChI is InChI=1S/C20H24BN/c1-5-9-20(14(3)15(20)4)18-7-6-16(21)12-17(18)19-11-13(2)8-10-22-19/h5-6,8-12,14-15,18H,7H2,1-4H3. The summed E-state index contributed by atoms with van der Waals surface area (Å²) in [6.45, 7) is 8.98. The molecule has 2 heteroatoms. The third-order valence-corrected chi connectivity index (χ3v) is 5.78. The van der Waals surface area contributed by atoms with Crippen LogP contribution in [-0.2, 0) is 0 Å². The molecule has 0 N–H and O–H groups in total. The molecule has 0 amide bonds. The second-order valence-corrected chi connectivity index (χ2v) is 6.89. The summed E-state index contributed by atoms with van der Waals surface area (Å²) >= 11 is 0. The number of aromatic nitrogens is 1. The van der Waals surface area contributed by atoms with Gasteiger partial charge in [-0.2, -0.15) is 0 Å². The largest absolute Gasteiger partial charge is 0.257 e. The molecule has 3 unspecified atom stereocenters. The van der Waals surface area contributed by atoms with E-state index < -0.39 is 0 Å². The third kappa shape index (κ3) is 2.29. The Bertz CT molecular complexity index is 660. The molecule has 3 atom stereocenters. The van der Waals surface area contributed by atoms with Gasteiger partial charge in [-0.25, -0.2) is 0 Å². The lowest BCUT2D eigenvalue weighted by Crippen LogP contribution is -2.21.